The fourth-order valence-electron chi connectivity index (χ4n) is 1.82. The van der Waals surface area contributed by atoms with Gasteiger partial charge in [-0.2, -0.15) is 5.26 Å². The Morgan fingerprint density at radius 3 is 2.68 bits per heavy atom. The largest absolute Gasteiger partial charge is 0.424 e. The highest BCUT2D eigenvalue weighted by molar-refractivity contribution is 5.90. The summed E-state index contributed by atoms with van der Waals surface area (Å²) in [6, 6.07) is 7.35. The van der Waals surface area contributed by atoms with Gasteiger partial charge in [0, 0.05) is 6.42 Å². The molecule has 0 aliphatic heterocycles. The number of nitrogens with zero attached hydrogens (tertiary/aromatic N) is 3. The van der Waals surface area contributed by atoms with Crippen LogP contribution in [0, 0.1) is 18.3 Å². The van der Waals surface area contributed by atoms with Crippen molar-refractivity contribution in [3.8, 4) is 17.8 Å². The monoisotopic (exact) mass is 296 g/mol. The number of amides is 1. The quantitative estimate of drug-likeness (QED) is 0.915. The lowest BCUT2D eigenvalue weighted by molar-refractivity contribution is -0.116. The van der Waals surface area contributed by atoms with E-state index in [2.05, 4.69) is 21.4 Å². The Morgan fingerprint density at radius 1 is 1.36 bits per heavy atom. The summed E-state index contributed by atoms with van der Waals surface area (Å²) in [6.45, 7) is 3.78. The van der Waals surface area contributed by atoms with Gasteiger partial charge in [-0.1, -0.05) is 6.92 Å². The van der Waals surface area contributed by atoms with E-state index < -0.39 is 0 Å². The summed E-state index contributed by atoms with van der Waals surface area (Å²) in [4.78, 5) is 19.6. The van der Waals surface area contributed by atoms with Crippen molar-refractivity contribution in [1.29, 1.82) is 5.26 Å². The molecule has 1 N–H and O–H groups in total. The van der Waals surface area contributed by atoms with Gasteiger partial charge in [0.2, 0.25) is 5.91 Å². The number of benzene rings is 1. The molecule has 0 fully saturated rings. The molecule has 1 amide bonds. The first kappa shape index (κ1) is 15.4. The molecule has 1 heterocycles. The van der Waals surface area contributed by atoms with Crippen LogP contribution < -0.4 is 10.1 Å². The standard InChI is InChI=1S/C16H16N4O2/c1-3-4-15(21)20-13-9-18-16(19-10-13)22-14-6-5-12(8-17)7-11(14)2/h5-7,9-10H,3-4H2,1-2H3,(H,20,21). The van der Waals surface area contributed by atoms with Crippen LogP contribution in [-0.4, -0.2) is 15.9 Å². The third-order valence-corrected chi connectivity index (χ3v) is 2.89. The van der Waals surface area contributed by atoms with Gasteiger partial charge in [0.25, 0.3) is 0 Å². The number of nitrogens with one attached hydrogen (secondary N) is 1. The summed E-state index contributed by atoms with van der Waals surface area (Å²) in [5, 5.41) is 11.5. The van der Waals surface area contributed by atoms with E-state index in [1.165, 1.54) is 12.4 Å². The molecule has 2 aromatic rings. The van der Waals surface area contributed by atoms with Crippen LogP contribution in [0.2, 0.25) is 0 Å². The Bertz CT molecular complexity index is 705. The van der Waals surface area contributed by atoms with Crippen molar-refractivity contribution in [2.24, 2.45) is 0 Å². The molecule has 1 aromatic heterocycles. The van der Waals surface area contributed by atoms with Crippen molar-refractivity contribution >= 4 is 11.6 Å². The molecule has 112 valence electrons. The minimum absolute atomic E-state index is 0.0669. The van der Waals surface area contributed by atoms with Crippen LogP contribution in [0.15, 0.2) is 30.6 Å². The Hall–Kier alpha value is -2.94. The highest BCUT2D eigenvalue weighted by Crippen LogP contribution is 2.23. The van der Waals surface area contributed by atoms with E-state index in [1.807, 2.05) is 13.8 Å². The third-order valence-electron chi connectivity index (χ3n) is 2.89. The average Bonchev–Trinajstić information content (AvgIpc) is 2.51. The predicted octanol–water partition coefficient (Wildman–Crippen LogP) is 3.19. The zero-order chi connectivity index (χ0) is 15.9. The lowest BCUT2D eigenvalue weighted by Gasteiger charge is -2.08. The maximum atomic E-state index is 11.5. The van der Waals surface area contributed by atoms with E-state index in [1.54, 1.807) is 18.2 Å². The smallest absolute Gasteiger partial charge is 0.322 e. The van der Waals surface area contributed by atoms with Gasteiger partial charge in [-0.05, 0) is 37.1 Å². The minimum atomic E-state index is -0.0669. The first-order valence-electron chi connectivity index (χ1n) is 6.93. The van der Waals surface area contributed by atoms with Crippen LogP contribution >= 0.6 is 0 Å². The van der Waals surface area contributed by atoms with E-state index >= 15 is 0 Å². The summed E-state index contributed by atoms with van der Waals surface area (Å²) in [7, 11) is 0. The Labute approximate surface area is 128 Å². The number of nitriles is 1. The molecule has 0 saturated carbocycles. The predicted molar refractivity (Wildman–Crippen MR) is 81.5 cm³/mol. The maximum Gasteiger partial charge on any atom is 0.322 e. The molecule has 0 spiro atoms. The van der Waals surface area contributed by atoms with E-state index in [0.717, 1.165) is 12.0 Å². The molecule has 0 aliphatic rings. The molecular formula is C16H16N4O2. The number of rotatable bonds is 5. The van der Waals surface area contributed by atoms with Gasteiger partial charge >= 0.3 is 6.01 Å². The zero-order valence-electron chi connectivity index (χ0n) is 12.5. The minimum Gasteiger partial charge on any atom is -0.424 e. The molecule has 0 saturated heterocycles. The molecule has 22 heavy (non-hydrogen) atoms. The van der Waals surface area contributed by atoms with Crippen LogP contribution in [0.1, 0.15) is 30.9 Å². The normalized spacial score (nSPS) is 9.86. The second kappa shape index (κ2) is 7.18. The van der Waals surface area contributed by atoms with Gasteiger partial charge in [-0.25, -0.2) is 9.97 Å². The highest BCUT2D eigenvalue weighted by atomic mass is 16.5. The molecule has 0 aliphatic carbocycles. The van der Waals surface area contributed by atoms with Crippen molar-refractivity contribution in [2.75, 3.05) is 5.32 Å². The number of anilines is 1. The second-order valence-electron chi connectivity index (χ2n) is 4.75. The number of carbonyl (C=O) groups is 1. The summed E-state index contributed by atoms with van der Waals surface area (Å²) in [5.74, 6) is 0.518. The van der Waals surface area contributed by atoms with Gasteiger partial charge in [-0.15, -0.1) is 0 Å². The van der Waals surface area contributed by atoms with Crippen LogP contribution in [-0.2, 0) is 4.79 Å². The van der Waals surface area contributed by atoms with Crippen LogP contribution in [0.3, 0.4) is 0 Å². The van der Waals surface area contributed by atoms with E-state index in [0.29, 0.717) is 23.4 Å². The Balaban J connectivity index is 2.05. The highest BCUT2D eigenvalue weighted by Gasteiger charge is 2.06. The maximum absolute atomic E-state index is 11.5. The van der Waals surface area contributed by atoms with Gasteiger partial charge in [-0.3, -0.25) is 4.79 Å². The van der Waals surface area contributed by atoms with Gasteiger partial charge < -0.3 is 10.1 Å². The number of hydrogen-bond donors (Lipinski definition) is 1. The molecule has 0 atom stereocenters. The van der Waals surface area contributed by atoms with Crippen LogP contribution in [0.25, 0.3) is 0 Å². The molecule has 6 heteroatoms. The molecule has 1 aromatic carbocycles. The number of hydrogen-bond acceptors (Lipinski definition) is 5. The molecule has 0 bridgehead atoms. The summed E-state index contributed by atoms with van der Waals surface area (Å²) in [6.07, 6.45) is 4.23. The Morgan fingerprint density at radius 2 is 2.09 bits per heavy atom. The lowest BCUT2D eigenvalue weighted by atomic mass is 10.1. The molecule has 2 rings (SSSR count). The Kier molecular flexibility index (Phi) is 5.04. The topological polar surface area (TPSA) is 87.9 Å². The van der Waals surface area contributed by atoms with Crippen molar-refractivity contribution in [2.45, 2.75) is 26.7 Å². The number of aryl methyl sites for hydroxylation is 1. The van der Waals surface area contributed by atoms with Crippen molar-refractivity contribution in [1.82, 2.24) is 9.97 Å². The molecule has 0 radical (unpaired) electrons. The fourth-order valence-corrected chi connectivity index (χ4v) is 1.82. The van der Waals surface area contributed by atoms with Crippen LogP contribution in [0.4, 0.5) is 5.69 Å². The SMILES string of the molecule is CCCC(=O)Nc1cnc(Oc2ccc(C#N)cc2C)nc1. The van der Waals surface area contributed by atoms with Crippen molar-refractivity contribution < 1.29 is 9.53 Å². The number of carbonyl (C=O) groups excluding carboxylic acids is 1. The molecule has 0 unspecified atom stereocenters. The number of ether oxygens (including phenoxy) is 1. The average molecular weight is 296 g/mol. The first-order valence-corrected chi connectivity index (χ1v) is 6.93. The van der Waals surface area contributed by atoms with Gasteiger partial charge in [0.1, 0.15) is 5.75 Å². The molecule has 6 nitrogen and oxygen atoms in total. The van der Waals surface area contributed by atoms with Crippen LogP contribution in [0.5, 0.6) is 11.8 Å². The second-order valence-corrected chi connectivity index (χ2v) is 4.75. The van der Waals surface area contributed by atoms with Gasteiger partial charge in [0.05, 0.1) is 29.7 Å². The van der Waals surface area contributed by atoms with E-state index in [4.69, 9.17) is 10.00 Å². The van der Waals surface area contributed by atoms with Crippen molar-refractivity contribution in [3.63, 3.8) is 0 Å². The zero-order valence-corrected chi connectivity index (χ0v) is 12.5. The molecular weight excluding hydrogens is 280 g/mol. The lowest BCUT2D eigenvalue weighted by Crippen LogP contribution is -2.11. The van der Waals surface area contributed by atoms with E-state index in [-0.39, 0.29) is 11.9 Å². The first-order chi connectivity index (χ1) is 10.6. The fraction of sp³-hybridized carbons (Fsp3) is 0.250. The van der Waals surface area contributed by atoms with Crippen molar-refractivity contribution in [3.05, 3.63) is 41.7 Å². The summed E-state index contributed by atoms with van der Waals surface area (Å²) >= 11 is 0. The van der Waals surface area contributed by atoms with E-state index in [9.17, 15) is 4.79 Å². The number of aromatic nitrogens is 2. The summed E-state index contributed by atoms with van der Waals surface area (Å²) < 4.78 is 5.57. The third kappa shape index (κ3) is 4.03. The summed E-state index contributed by atoms with van der Waals surface area (Å²) in [5.41, 5.74) is 1.92. The van der Waals surface area contributed by atoms with Gasteiger partial charge in [0.15, 0.2) is 0 Å².